The standard InChI is InChI=1S/C72H58N2O2/c1-51-47-54(52-21-19-31-64(48-52)75-3)35-45-66(51)72(57-39-43-63(44-40-57)74(60-27-13-7-14-28-60)61-29-15-8-16-30-61)69-34-18-17-33-67(69)71(2,68-46-36-55(50-70(68)72)53-22-20-32-65(49-53)76-4)56-37-41-62(42-38-56)73(58-23-9-5-10-24-58)59-25-11-6-12-26-59/h5-50H,1-4H3. The van der Waals surface area contributed by atoms with E-state index < -0.39 is 10.8 Å². The molecule has 0 N–H and O–H groups in total. The molecule has 0 aliphatic heterocycles. The van der Waals surface area contributed by atoms with E-state index in [4.69, 9.17) is 9.47 Å². The molecule has 11 aromatic carbocycles. The smallest absolute Gasteiger partial charge is 0.119 e. The van der Waals surface area contributed by atoms with Gasteiger partial charge in [0.1, 0.15) is 11.5 Å². The predicted molar refractivity (Wildman–Crippen MR) is 315 cm³/mol. The summed E-state index contributed by atoms with van der Waals surface area (Å²) < 4.78 is 11.6. The van der Waals surface area contributed by atoms with E-state index in [2.05, 4.69) is 291 Å². The molecule has 12 rings (SSSR count). The van der Waals surface area contributed by atoms with E-state index in [1.165, 1.54) is 44.5 Å². The third-order valence-corrected chi connectivity index (χ3v) is 15.6. The van der Waals surface area contributed by atoms with Gasteiger partial charge in [-0.25, -0.2) is 0 Å². The quantitative estimate of drug-likeness (QED) is 0.115. The summed E-state index contributed by atoms with van der Waals surface area (Å²) in [5.74, 6) is 1.65. The van der Waals surface area contributed by atoms with Crippen molar-refractivity contribution in [1.82, 2.24) is 0 Å². The lowest BCUT2D eigenvalue weighted by atomic mass is 9.52. The first-order chi connectivity index (χ1) is 37.4. The minimum absolute atomic E-state index is 0.586. The second-order valence-electron chi connectivity index (χ2n) is 19.8. The van der Waals surface area contributed by atoms with Crippen molar-refractivity contribution in [1.29, 1.82) is 0 Å². The monoisotopic (exact) mass is 982 g/mol. The first kappa shape index (κ1) is 47.6. The second-order valence-corrected chi connectivity index (χ2v) is 19.8. The molecular weight excluding hydrogens is 925 g/mol. The van der Waals surface area contributed by atoms with E-state index in [1.807, 2.05) is 12.1 Å². The Morgan fingerprint density at radius 1 is 0.289 bits per heavy atom. The van der Waals surface area contributed by atoms with Gasteiger partial charge in [0.2, 0.25) is 0 Å². The third-order valence-electron chi connectivity index (χ3n) is 15.6. The average molecular weight is 983 g/mol. The van der Waals surface area contributed by atoms with Crippen LogP contribution in [0.3, 0.4) is 0 Å². The molecule has 0 saturated heterocycles. The molecule has 0 aromatic heterocycles. The number of aryl methyl sites for hydroxylation is 1. The highest BCUT2D eigenvalue weighted by Crippen LogP contribution is 2.59. The second kappa shape index (κ2) is 20.1. The van der Waals surface area contributed by atoms with Crippen molar-refractivity contribution in [2.75, 3.05) is 24.0 Å². The Bertz CT molecular complexity index is 3730. The molecule has 4 nitrogen and oxygen atoms in total. The van der Waals surface area contributed by atoms with Crippen molar-refractivity contribution in [3.05, 3.63) is 324 Å². The summed E-state index contributed by atoms with van der Waals surface area (Å²) in [5.41, 5.74) is 19.3. The van der Waals surface area contributed by atoms with Crippen molar-refractivity contribution in [3.63, 3.8) is 0 Å². The number of methoxy groups -OCH3 is 2. The summed E-state index contributed by atoms with van der Waals surface area (Å²) in [6.45, 7) is 4.72. The van der Waals surface area contributed by atoms with E-state index in [1.54, 1.807) is 14.2 Å². The third kappa shape index (κ3) is 8.29. The van der Waals surface area contributed by atoms with Crippen molar-refractivity contribution in [2.45, 2.75) is 24.7 Å². The molecule has 2 atom stereocenters. The van der Waals surface area contributed by atoms with Gasteiger partial charge in [-0.05, 0) is 184 Å². The first-order valence-electron chi connectivity index (χ1n) is 26.0. The van der Waals surface area contributed by atoms with Gasteiger partial charge in [0, 0.05) is 39.5 Å². The fraction of sp³-hybridized carbons (Fsp3) is 0.0833. The Hall–Kier alpha value is -9.38. The molecule has 1 aliphatic carbocycles. The van der Waals surface area contributed by atoms with E-state index in [9.17, 15) is 0 Å². The van der Waals surface area contributed by atoms with Gasteiger partial charge in [-0.3, -0.25) is 0 Å². The summed E-state index contributed by atoms with van der Waals surface area (Å²) >= 11 is 0. The molecule has 0 saturated carbocycles. The van der Waals surface area contributed by atoms with Gasteiger partial charge in [0.25, 0.3) is 0 Å². The molecule has 0 spiro atoms. The zero-order valence-corrected chi connectivity index (χ0v) is 43.3. The van der Waals surface area contributed by atoms with Crippen LogP contribution in [0.2, 0.25) is 0 Å². The van der Waals surface area contributed by atoms with Crippen LogP contribution >= 0.6 is 0 Å². The van der Waals surface area contributed by atoms with E-state index in [0.29, 0.717) is 0 Å². The summed E-state index contributed by atoms with van der Waals surface area (Å²) in [7, 11) is 3.47. The van der Waals surface area contributed by atoms with Crippen LogP contribution in [0.15, 0.2) is 279 Å². The molecule has 0 heterocycles. The SMILES string of the molecule is COc1cccc(-c2ccc(C3(c4ccc(N(c5ccccc5)c5ccccc5)cc4)c4ccccc4C(C)(c4ccc(N(c5ccccc5)c5ccccc5)cc4)c4ccc(-c5cccc(OC)c5)cc43)c(C)c2)c1. The predicted octanol–water partition coefficient (Wildman–Crippen LogP) is 18.3. The van der Waals surface area contributed by atoms with Gasteiger partial charge >= 0.3 is 0 Å². The zero-order chi connectivity index (χ0) is 51.6. The van der Waals surface area contributed by atoms with Crippen LogP contribution in [0.5, 0.6) is 11.5 Å². The number of ether oxygens (including phenoxy) is 2. The molecule has 2 unspecified atom stereocenters. The highest BCUT2D eigenvalue weighted by molar-refractivity contribution is 5.82. The van der Waals surface area contributed by atoms with Crippen LogP contribution in [-0.2, 0) is 10.8 Å². The van der Waals surface area contributed by atoms with Gasteiger partial charge in [0.15, 0.2) is 0 Å². The molecule has 0 bridgehead atoms. The highest BCUT2D eigenvalue weighted by Gasteiger charge is 2.52. The van der Waals surface area contributed by atoms with Gasteiger partial charge in [-0.1, -0.05) is 176 Å². The van der Waals surface area contributed by atoms with E-state index in [-0.39, 0.29) is 0 Å². The van der Waals surface area contributed by atoms with Crippen LogP contribution in [0.25, 0.3) is 22.3 Å². The van der Waals surface area contributed by atoms with Crippen LogP contribution < -0.4 is 19.3 Å². The maximum Gasteiger partial charge on any atom is 0.119 e. The Kier molecular flexibility index (Phi) is 12.6. The molecule has 368 valence electrons. The minimum atomic E-state index is -0.794. The molecule has 11 aromatic rings. The van der Waals surface area contributed by atoms with Crippen LogP contribution in [0.1, 0.15) is 51.4 Å². The van der Waals surface area contributed by atoms with Crippen molar-refractivity contribution >= 4 is 34.1 Å². The molecule has 0 fully saturated rings. The lowest BCUT2D eigenvalue weighted by Gasteiger charge is -2.50. The number of hydrogen-bond donors (Lipinski definition) is 0. The Morgan fingerprint density at radius 3 is 1.11 bits per heavy atom. The number of nitrogens with zero attached hydrogens (tertiary/aromatic N) is 2. The molecule has 4 heteroatoms. The summed E-state index contributed by atoms with van der Waals surface area (Å²) in [4.78, 5) is 4.67. The summed E-state index contributed by atoms with van der Waals surface area (Å²) in [5, 5.41) is 0. The molecule has 0 amide bonds. The molecule has 0 radical (unpaired) electrons. The van der Waals surface area contributed by atoms with Gasteiger partial charge in [-0.15, -0.1) is 0 Å². The van der Waals surface area contributed by atoms with Crippen molar-refractivity contribution in [2.24, 2.45) is 0 Å². The number of hydrogen-bond acceptors (Lipinski definition) is 4. The Morgan fingerprint density at radius 2 is 0.658 bits per heavy atom. The van der Waals surface area contributed by atoms with Crippen molar-refractivity contribution < 1.29 is 9.47 Å². The van der Waals surface area contributed by atoms with E-state index >= 15 is 0 Å². The summed E-state index contributed by atoms with van der Waals surface area (Å²) in [6, 6.07) is 101. The number of para-hydroxylation sites is 4. The lowest BCUT2D eigenvalue weighted by molar-refractivity contribution is 0.415. The summed E-state index contributed by atoms with van der Waals surface area (Å²) in [6.07, 6.45) is 0. The first-order valence-corrected chi connectivity index (χ1v) is 26.0. The van der Waals surface area contributed by atoms with Crippen LogP contribution in [0.4, 0.5) is 34.1 Å². The Labute approximate surface area is 447 Å². The average Bonchev–Trinajstić information content (AvgIpc) is 3.62. The van der Waals surface area contributed by atoms with Crippen LogP contribution in [0, 0.1) is 6.92 Å². The maximum absolute atomic E-state index is 5.85. The van der Waals surface area contributed by atoms with E-state index in [0.717, 1.165) is 67.9 Å². The maximum atomic E-state index is 5.85. The highest BCUT2D eigenvalue weighted by atomic mass is 16.5. The number of benzene rings is 11. The number of anilines is 6. The largest absolute Gasteiger partial charge is 0.497 e. The fourth-order valence-electron chi connectivity index (χ4n) is 12.0. The van der Waals surface area contributed by atoms with Crippen LogP contribution in [-0.4, -0.2) is 14.2 Å². The number of rotatable bonds is 13. The molecule has 1 aliphatic rings. The van der Waals surface area contributed by atoms with Gasteiger partial charge in [0.05, 0.1) is 19.6 Å². The van der Waals surface area contributed by atoms with Crippen molar-refractivity contribution in [3.8, 4) is 33.8 Å². The molecule has 76 heavy (non-hydrogen) atoms. The topological polar surface area (TPSA) is 24.9 Å². The normalized spacial score (nSPS) is 15.5. The zero-order valence-electron chi connectivity index (χ0n) is 43.3. The van der Waals surface area contributed by atoms with Gasteiger partial charge in [-0.2, -0.15) is 0 Å². The minimum Gasteiger partial charge on any atom is -0.497 e. The fourth-order valence-corrected chi connectivity index (χ4v) is 12.0. The number of fused-ring (bicyclic) bond motifs is 2. The Balaban J connectivity index is 1.12. The van der Waals surface area contributed by atoms with Gasteiger partial charge < -0.3 is 19.3 Å². The lowest BCUT2D eigenvalue weighted by Crippen LogP contribution is -2.44. The molecular formula is C72H58N2O2.